The van der Waals surface area contributed by atoms with Gasteiger partial charge in [0.15, 0.2) is 0 Å². The lowest BCUT2D eigenvalue weighted by molar-refractivity contribution is -0.129. The zero-order valence-corrected chi connectivity index (χ0v) is 15.5. The van der Waals surface area contributed by atoms with Crippen molar-refractivity contribution in [1.82, 2.24) is 10.2 Å². The molecule has 0 unspecified atom stereocenters. The maximum absolute atomic E-state index is 12.2. The number of amides is 2. The number of carbonyl (C=O) groups is 2. The van der Waals surface area contributed by atoms with E-state index in [-0.39, 0.29) is 17.9 Å². The predicted molar refractivity (Wildman–Crippen MR) is 96.1 cm³/mol. The first-order chi connectivity index (χ1) is 10.5. The van der Waals surface area contributed by atoms with Crippen LogP contribution in [0.5, 0.6) is 0 Å². The number of rotatable bonds is 6. The number of hydrogen-bond acceptors (Lipinski definition) is 2. The van der Waals surface area contributed by atoms with Gasteiger partial charge in [-0.25, -0.2) is 0 Å². The maximum atomic E-state index is 12.2. The van der Waals surface area contributed by atoms with E-state index in [0.29, 0.717) is 23.6 Å². The summed E-state index contributed by atoms with van der Waals surface area (Å²) in [6.07, 6.45) is 3.31. The zero-order valence-electron chi connectivity index (χ0n) is 12.6. The second-order valence-electron chi connectivity index (χ2n) is 5.42. The van der Waals surface area contributed by atoms with Gasteiger partial charge in [-0.3, -0.25) is 9.59 Å². The minimum atomic E-state index is -0.0938. The van der Waals surface area contributed by atoms with Crippen molar-refractivity contribution in [3.8, 4) is 0 Å². The molecular weight excluding hydrogens is 415 g/mol. The molecule has 0 bridgehead atoms. The summed E-state index contributed by atoms with van der Waals surface area (Å²) in [6, 6.07) is 5.45. The molecule has 2 rings (SSSR count). The van der Waals surface area contributed by atoms with Crippen molar-refractivity contribution in [2.24, 2.45) is 0 Å². The first-order valence-electron chi connectivity index (χ1n) is 7.55. The van der Waals surface area contributed by atoms with Crippen LogP contribution in [0.2, 0.25) is 5.02 Å². The molecule has 1 fully saturated rings. The summed E-state index contributed by atoms with van der Waals surface area (Å²) in [7, 11) is 0. The van der Waals surface area contributed by atoms with Gasteiger partial charge in [-0.05, 0) is 60.1 Å². The van der Waals surface area contributed by atoms with Gasteiger partial charge in [0.2, 0.25) is 5.91 Å². The molecule has 22 heavy (non-hydrogen) atoms. The highest BCUT2D eigenvalue weighted by Crippen LogP contribution is 2.19. The Labute approximate surface area is 149 Å². The highest BCUT2D eigenvalue weighted by Gasteiger charge is 2.26. The van der Waals surface area contributed by atoms with E-state index in [9.17, 15) is 9.59 Å². The van der Waals surface area contributed by atoms with E-state index in [1.807, 2.05) is 4.90 Å². The molecule has 1 N–H and O–H groups in total. The van der Waals surface area contributed by atoms with Crippen LogP contribution in [0.25, 0.3) is 0 Å². The standard InChI is InChI=1S/C16H20ClIN2O2/c1-2-12(20-9-3-4-15(20)21)7-8-19-16(22)13-6-5-11(17)10-14(13)18/h5-6,10,12H,2-4,7-9H2,1H3,(H,19,22)/t12-/m1/s1. The largest absolute Gasteiger partial charge is 0.352 e. The number of halogens is 2. The summed E-state index contributed by atoms with van der Waals surface area (Å²) in [5, 5.41) is 3.56. The van der Waals surface area contributed by atoms with Crippen LogP contribution in [-0.4, -0.2) is 35.8 Å². The molecule has 120 valence electrons. The molecule has 1 aromatic carbocycles. The molecule has 0 saturated carbocycles. The molecule has 1 atom stereocenters. The fourth-order valence-corrected chi connectivity index (χ4v) is 3.87. The molecule has 4 nitrogen and oxygen atoms in total. The zero-order chi connectivity index (χ0) is 16.1. The van der Waals surface area contributed by atoms with Crippen molar-refractivity contribution in [1.29, 1.82) is 0 Å². The van der Waals surface area contributed by atoms with E-state index in [4.69, 9.17) is 11.6 Å². The second kappa shape index (κ2) is 8.15. The first kappa shape index (κ1) is 17.5. The van der Waals surface area contributed by atoms with Gasteiger partial charge in [0, 0.05) is 34.1 Å². The lowest BCUT2D eigenvalue weighted by atomic mass is 10.1. The van der Waals surface area contributed by atoms with Crippen molar-refractivity contribution in [3.05, 3.63) is 32.4 Å². The highest BCUT2D eigenvalue weighted by atomic mass is 127. The number of nitrogens with one attached hydrogen (secondary N) is 1. The summed E-state index contributed by atoms with van der Waals surface area (Å²) in [4.78, 5) is 25.9. The lowest BCUT2D eigenvalue weighted by Crippen LogP contribution is -2.38. The summed E-state index contributed by atoms with van der Waals surface area (Å²) in [5.74, 6) is 0.147. The van der Waals surface area contributed by atoms with Gasteiger partial charge >= 0.3 is 0 Å². The molecule has 6 heteroatoms. The number of hydrogen-bond donors (Lipinski definition) is 1. The van der Waals surface area contributed by atoms with Crippen LogP contribution in [0.4, 0.5) is 0 Å². The van der Waals surface area contributed by atoms with Crippen LogP contribution in [0.1, 0.15) is 43.0 Å². The molecule has 0 aromatic heterocycles. The minimum Gasteiger partial charge on any atom is -0.352 e. The third-order valence-electron chi connectivity index (χ3n) is 3.96. The highest BCUT2D eigenvalue weighted by molar-refractivity contribution is 14.1. The normalized spacial score (nSPS) is 16.0. The monoisotopic (exact) mass is 434 g/mol. The summed E-state index contributed by atoms with van der Waals surface area (Å²) >= 11 is 8.01. The Hall–Kier alpha value is -0.820. The summed E-state index contributed by atoms with van der Waals surface area (Å²) < 4.78 is 0.837. The fourth-order valence-electron chi connectivity index (χ4n) is 2.76. The van der Waals surface area contributed by atoms with Crippen LogP contribution in [0.15, 0.2) is 18.2 Å². The van der Waals surface area contributed by atoms with E-state index in [0.717, 1.165) is 29.4 Å². The number of nitrogens with zero attached hydrogens (tertiary/aromatic N) is 1. The van der Waals surface area contributed by atoms with E-state index in [1.165, 1.54) is 0 Å². The van der Waals surface area contributed by atoms with Crippen molar-refractivity contribution in [3.63, 3.8) is 0 Å². The van der Waals surface area contributed by atoms with E-state index in [2.05, 4.69) is 34.8 Å². The van der Waals surface area contributed by atoms with Gasteiger partial charge in [-0.15, -0.1) is 0 Å². The lowest BCUT2D eigenvalue weighted by Gasteiger charge is -2.26. The molecular formula is C16H20ClIN2O2. The van der Waals surface area contributed by atoms with E-state index in [1.54, 1.807) is 18.2 Å². The van der Waals surface area contributed by atoms with E-state index < -0.39 is 0 Å². The van der Waals surface area contributed by atoms with Crippen molar-refractivity contribution in [2.75, 3.05) is 13.1 Å². The van der Waals surface area contributed by atoms with E-state index >= 15 is 0 Å². The fraction of sp³-hybridized carbons (Fsp3) is 0.500. The number of benzene rings is 1. The molecule has 1 saturated heterocycles. The van der Waals surface area contributed by atoms with Crippen LogP contribution >= 0.6 is 34.2 Å². The molecule has 1 aliphatic heterocycles. The number of likely N-dealkylation sites (tertiary alicyclic amines) is 1. The SMILES string of the molecule is CC[C@H](CCNC(=O)c1ccc(Cl)cc1I)N1CCCC1=O. The van der Waals surface area contributed by atoms with Crippen molar-refractivity contribution < 1.29 is 9.59 Å². The van der Waals surface area contributed by atoms with Gasteiger partial charge in [0.1, 0.15) is 0 Å². The third-order valence-corrected chi connectivity index (χ3v) is 5.09. The van der Waals surface area contributed by atoms with Gasteiger partial charge in [-0.2, -0.15) is 0 Å². The van der Waals surface area contributed by atoms with Crippen molar-refractivity contribution >= 4 is 46.0 Å². The topological polar surface area (TPSA) is 49.4 Å². The molecule has 1 aromatic rings. The Morgan fingerprint density at radius 2 is 2.27 bits per heavy atom. The Balaban J connectivity index is 1.86. The Bertz CT molecular complexity index is 565. The Kier molecular flexibility index (Phi) is 6.50. The van der Waals surface area contributed by atoms with Gasteiger partial charge in [-0.1, -0.05) is 18.5 Å². The Morgan fingerprint density at radius 3 is 2.86 bits per heavy atom. The van der Waals surface area contributed by atoms with Gasteiger partial charge < -0.3 is 10.2 Å². The summed E-state index contributed by atoms with van der Waals surface area (Å²) in [5.41, 5.74) is 0.635. The van der Waals surface area contributed by atoms with Crippen LogP contribution in [0, 0.1) is 3.57 Å². The summed E-state index contributed by atoms with van der Waals surface area (Å²) in [6.45, 7) is 3.50. The average molecular weight is 435 g/mol. The van der Waals surface area contributed by atoms with Gasteiger partial charge in [0.25, 0.3) is 5.91 Å². The minimum absolute atomic E-state index is 0.0938. The number of carbonyl (C=O) groups excluding carboxylic acids is 2. The average Bonchev–Trinajstić information content (AvgIpc) is 2.89. The third kappa shape index (κ3) is 4.35. The molecule has 2 amide bonds. The first-order valence-corrected chi connectivity index (χ1v) is 9.01. The molecule has 0 aliphatic carbocycles. The predicted octanol–water partition coefficient (Wildman–Crippen LogP) is 3.47. The second-order valence-corrected chi connectivity index (χ2v) is 7.02. The smallest absolute Gasteiger partial charge is 0.252 e. The molecule has 0 radical (unpaired) electrons. The maximum Gasteiger partial charge on any atom is 0.252 e. The molecule has 0 spiro atoms. The van der Waals surface area contributed by atoms with Crippen LogP contribution in [0.3, 0.4) is 0 Å². The Morgan fingerprint density at radius 1 is 1.50 bits per heavy atom. The van der Waals surface area contributed by atoms with Crippen LogP contribution in [-0.2, 0) is 4.79 Å². The quantitative estimate of drug-likeness (QED) is 0.697. The molecule has 1 aliphatic rings. The van der Waals surface area contributed by atoms with Crippen molar-refractivity contribution in [2.45, 2.75) is 38.6 Å². The van der Waals surface area contributed by atoms with Gasteiger partial charge in [0.05, 0.1) is 5.56 Å². The molecule has 1 heterocycles. The van der Waals surface area contributed by atoms with Crippen LogP contribution < -0.4 is 5.32 Å².